The first-order chi connectivity index (χ1) is 14.7. The molecule has 4 rings (SSSR count). The SMILES string of the molecule is O=C(c1sccc1S(=O)(=O)N1CCCCC1)N1CCCc2cc(OC(F)(F)F)ccc21. The van der Waals surface area contributed by atoms with Crippen LogP contribution in [-0.2, 0) is 16.4 Å². The van der Waals surface area contributed by atoms with E-state index in [2.05, 4.69) is 4.74 Å². The Morgan fingerprint density at radius 1 is 1.03 bits per heavy atom. The predicted octanol–water partition coefficient (Wildman–Crippen LogP) is 4.41. The maximum absolute atomic E-state index is 13.3. The Morgan fingerprint density at radius 2 is 1.77 bits per heavy atom. The number of amides is 1. The van der Waals surface area contributed by atoms with Gasteiger partial charge in [0.15, 0.2) is 0 Å². The van der Waals surface area contributed by atoms with Gasteiger partial charge in [-0.25, -0.2) is 8.42 Å². The lowest BCUT2D eigenvalue weighted by Gasteiger charge is -2.30. The van der Waals surface area contributed by atoms with Crippen molar-refractivity contribution in [2.24, 2.45) is 0 Å². The minimum absolute atomic E-state index is 0.00597. The van der Waals surface area contributed by atoms with Crippen molar-refractivity contribution in [1.29, 1.82) is 0 Å². The van der Waals surface area contributed by atoms with Crippen molar-refractivity contribution in [3.8, 4) is 5.75 Å². The lowest BCUT2D eigenvalue weighted by Crippen LogP contribution is -2.38. The van der Waals surface area contributed by atoms with Crippen LogP contribution in [0.15, 0.2) is 34.5 Å². The maximum atomic E-state index is 13.3. The van der Waals surface area contributed by atoms with Gasteiger partial charge < -0.3 is 9.64 Å². The lowest BCUT2D eigenvalue weighted by atomic mass is 10.0. The van der Waals surface area contributed by atoms with E-state index < -0.39 is 22.3 Å². The smallest absolute Gasteiger partial charge is 0.406 e. The van der Waals surface area contributed by atoms with E-state index in [-0.39, 0.29) is 15.5 Å². The largest absolute Gasteiger partial charge is 0.573 e. The molecule has 3 heterocycles. The number of thiophene rings is 1. The standard InChI is InChI=1S/C20H21F3N2O4S2/c21-20(22,23)29-15-6-7-16-14(13-15)5-4-11-25(16)19(26)18-17(8-12-30-18)31(27,28)24-9-2-1-3-10-24/h6-8,12-13H,1-5,9-11H2. The average Bonchev–Trinajstić information content (AvgIpc) is 3.23. The monoisotopic (exact) mass is 474 g/mol. The fourth-order valence-electron chi connectivity index (χ4n) is 4.01. The Balaban J connectivity index is 1.63. The number of carbonyl (C=O) groups excluding carboxylic acids is 1. The third-order valence-electron chi connectivity index (χ3n) is 5.40. The van der Waals surface area contributed by atoms with Gasteiger partial charge >= 0.3 is 6.36 Å². The zero-order valence-electron chi connectivity index (χ0n) is 16.5. The van der Waals surface area contributed by atoms with Crippen molar-refractivity contribution >= 4 is 33.0 Å². The van der Waals surface area contributed by atoms with Crippen molar-refractivity contribution in [1.82, 2.24) is 4.31 Å². The Morgan fingerprint density at radius 3 is 2.48 bits per heavy atom. The Kier molecular flexibility index (Phi) is 6.01. The third kappa shape index (κ3) is 4.58. The second-order valence-corrected chi connectivity index (χ2v) is 10.3. The molecule has 168 valence electrons. The first-order valence-corrected chi connectivity index (χ1v) is 12.3. The van der Waals surface area contributed by atoms with Crippen LogP contribution in [0.3, 0.4) is 0 Å². The van der Waals surface area contributed by atoms with Gasteiger partial charge in [0.2, 0.25) is 10.0 Å². The second kappa shape index (κ2) is 8.44. The maximum Gasteiger partial charge on any atom is 0.573 e. The van der Waals surface area contributed by atoms with E-state index in [9.17, 15) is 26.4 Å². The van der Waals surface area contributed by atoms with Gasteiger partial charge in [-0.05, 0) is 60.9 Å². The summed E-state index contributed by atoms with van der Waals surface area (Å²) in [7, 11) is -3.79. The molecule has 31 heavy (non-hydrogen) atoms. The molecule has 0 unspecified atom stereocenters. The molecule has 0 bridgehead atoms. The fraction of sp³-hybridized carbons (Fsp3) is 0.450. The van der Waals surface area contributed by atoms with Crippen molar-refractivity contribution in [2.75, 3.05) is 24.5 Å². The van der Waals surface area contributed by atoms with Crippen molar-refractivity contribution in [3.05, 3.63) is 40.1 Å². The molecule has 0 atom stereocenters. The molecule has 2 aliphatic heterocycles. The van der Waals surface area contributed by atoms with Crippen molar-refractivity contribution in [2.45, 2.75) is 43.4 Å². The number of rotatable bonds is 4. The minimum Gasteiger partial charge on any atom is -0.406 e. The van der Waals surface area contributed by atoms with Crippen LogP contribution in [0.1, 0.15) is 40.9 Å². The summed E-state index contributed by atoms with van der Waals surface area (Å²) in [6.07, 6.45) is -1.20. The number of fused-ring (bicyclic) bond motifs is 1. The molecule has 0 radical (unpaired) electrons. The highest BCUT2D eigenvalue weighted by molar-refractivity contribution is 7.89. The van der Waals surface area contributed by atoms with Gasteiger partial charge in [-0.2, -0.15) is 4.31 Å². The number of ether oxygens (including phenoxy) is 1. The highest BCUT2D eigenvalue weighted by Crippen LogP contribution is 2.35. The summed E-state index contributed by atoms with van der Waals surface area (Å²) in [6, 6.07) is 5.31. The minimum atomic E-state index is -4.80. The summed E-state index contributed by atoms with van der Waals surface area (Å²) >= 11 is 1.06. The molecular formula is C20H21F3N2O4S2. The number of nitrogens with zero attached hydrogens (tertiary/aromatic N) is 2. The third-order valence-corrected chi connectivity index (χ3v) is 8.38. The van der Waals surface area contributed by atoms with Crippen LogP contribution < -0.4 is 9.64 Å². The molecule has 11 heteroatoms. The van der Waals surface area contributed by atoms with E-state index in [4.69, 9.17) is 0 Å². The topological polar surface area (TPSA) is 66.9 Å². The number of hydrogen-bond acceptors (Lipinski definition) is 5. The second-order valence-electron chi connectivity index (χ2n) is 7.48. The van der Waals surface area contributed by atoms with Crippen molar-refractivity contribution < 1.29 is 31.1 Å². The van der Waals surface area contributed by atoms with E-state index in [0.29, 0.717) is 43.7 Å². The zero-order valence-corrected chi connectivity index (χ0v) is 18.2. The number of alkyl halides is 3. The lowest BCUT2D eigenvalue weighted by molar-refractivity contribution is -0.274. The molecule has 1 aromatic carbocycles. The van der Waals surface area contributed by atoms with Gasteiger partial charge in [0.05, 0.1) is 0 Å². The average molecular weight is 475 g/mol. The van der Waals surface area contributed by atoms with Crippen LogP contribution in [0.5, 0.6) is 5.75 Å². The van der Waals surface area contributed by atoms with Crippen LogP contribution in [0.2, 0.25) is 0 Å². The molecule has 0 aliphatic carbocycles. The molecule has 2 aliphatic rings. The van der Waals surface area contributed by atoms with Crippen LogP contribution in [-0.4, -0.2) is 44.6 Å². The number of carbonyl (C=O) groups is 1. The van der Waals surface area contributed by atoms with Gasteiger partial charge in [0, 0.05) is 25.3 Å². The van der Waals surface area contributed by atoms with Crippen LogP contribution in [0, 0.1) is 0 Å². The number of aryl methyl sites for hydroxylation is 1. The molecule has 6 nitrogen and oxygen atoms in total. The van der Waals surface area contributed by atoms with Gasteiger partial charge in [0.25, 0.3) is 5.91 Å². The Hall–Kier alpha value is -2.11. The summed E-state index contributed by atoms with van der Waals surface area (Å²) < 4.78 is 69.2. The van der Waals surface area contributed by atoms with E-state index in [1.54, 1.807) is 5.38 Å². The summed E-state index contributed by atoms with van der Waals surface area (Å²) in [5.41, 5.74) is 1.03. The van der Waals surface area contributed by atoms with Gasteiger partial charge in [-0.3, -0.25) is 4.79 Å². The van der Waals surface area contributed by atoms with E-state index in [0.717, 1.165) is 36.7 Å². The zero-order chi connectivity index (χ0) is 22.2. The number of piperidine rings is 1. The molecule has 1 amide bonds. The number of sulfonamides is 1. The number of anilines is 1. The summed E-state index contributed by atoms with van der Waals surface area (Å²) in [5, 5.41) is 1.58. The van der Waals surface area contributed by atoms with Gasteiger partial charge in [-0.15, -0.1) is 24.5 Å². The quantitative estimate of drug-likeness (QED) is 0.658. The molecule has 2 aromatic rings. The molecular weight excluding hydrogens is 453 g/mol. The summed E-state index contributed by atoms with van der Waals surface area (Å²) in [5.74, 6) is -0.805. The van der Waals surface area contributed by atoms with Crippen LogP contribution in [0.4, 0.5) is 18.9 Å². The normalized spacial score (nSPS) is 18.0. The Bertz CT molecular complexity index is 1080. The molecule has 1 fully saturated rings. The highest BCUT2D eigenvalue weighted by atomic mass is 32.2. The van der Waals surface area contributed by atoms with Crippen LogP contribution in [0.25, 0.3) is 0 Å². The number of hydrogen-bond donors (Lipinski definition) is 0. The van der Waals surface area contributed by atoms with E-state index in [1.165, 1.54) is 27.4 Å². The molecule has 0 spiro atoms. The fourth-order valence-corrected chi connectivity index (χ4v) is 6.87. The van der Waals surface area contributed by atoms with E-state index >= 15 is 0 Å². The predicted molar refractivity (Wildman–Crippen MR) is 110 cm³/mol. The molecule has 1 aromatic heterocycles. The first kappa shape index (κ1) is 22.1. The number of halogens is 3. The van der Waals surface area contributed by atoms with Gasteiger partial charge in [0.1, 0.15) is 15.5 Å². The van der Waals surface area contributed by atoms with E-state index in [1.807, 2.05) is 0 Å². The summed E-state index contributed by atoms with van der Waals surface area (Å²) in [6.45, 7) is 1.22. The van der Waals surface area contributed by atoms with Gasteiger partial charge in [-0.1, -0.05) is 6.42 Å². The first-order valence-electron chi connectivity index (χ1n) is 9.95. The van der Waals surface area contributed by atoms with Crippen molar-refractivity contribution in [3.63, 3.8) is 0 Å². The van der Waals surface area contributed by atoms with Crippen LogP contribution >= 0.6 is 11.3 Å². The molecule has 1 saturated heterocycles. The number of benzene rings is 1. The highest BCUT2D eigenvalue weighted by Gasteiger charge is 2.35. The molecule has 0 saturated carbocycles. The molecule has 0 N–H and O–H groups in total. The summed E-state index contributed by atoms with van der Waals surface area (Å²) in [4.78, 5) is 14.9. The Labute approximate surface area is 182 Å².